The average molecular weight is 306 g/mol. The highest BCUT2D eigenvalue weighted by Gasteiger charge is 2.47. The molecule has 0 spiro atoms. The zero-order chi connectivity index (χ0) is 16.5. The molecule has 118 valence electrons. The Morgan fingerprint density at radius 2 is 2.09 bits per heavy atom. The quantitative estimate of drug-likeness (QED) is 0.484. The fourth-order valence-corrected chi connectivity index (χ4v) is 2.82. The fraction of sp³-hybridized carbons (Fsp3) is 0.467. The number of hydrogen-bond acceptors (Lipinski definition) is 5. The number of ether oxygens (including phenoxy) is 1. The van der Waals surface area contributed by atoms with Gasteiger partial charge in [-0.3, -0.25) is 14.9 Å². The lowest BCUT2D eigenvalue weighted by molar-refractivity contribution is -0.384. The Morgan fingerprint density at radius 3 is 2.68 bits per heavy atom. The molecular formula is C15H18N2O5. The molecule has 0 N–H and O–H groups in total. The number of hydrogen-bond donors (Lipinski definition) is 0. The average Bonchev–Trinajstić information content (AvgIpc) is 2.89. The summed E-state index contributed by atoms with van der Waals surface area (Å²) < 4.78 is 4.80. The van der Waals surface area contributed by atoms with Crippen LogP contribution in [0.2, 0.25) is 0 Å². The molecule has 0 radical (unpaired) electrons. The Kier molecular flexibility index (Phi) is 4.16. The Labute approximate surface area is 128 Å². The van der Waals surface area contributed by atoms with Crippen molar-refractivity contribution in [3.8, 4) is 0 Å². The first-order valence-electron chi connectivity index (χ1n) is 6.96. The number of carbonyl (C=O) groups excluding carboxylic acids is 2. The lowest BCUT2D eigenvalue weighted by atomic mass is 9.97. The Hall–Kier alpha value is -2.44. The molecule has 1 amide bonds. The van der Waals surface area contributed by atoms with Crippen LogP contribution in [-0.4, -0.2) is 40.9 Å². The van der Waals surface area contributed by atoms with Gasteiger partial charge in [-0.25, -0.2) is 4.79 Å². The van der Waals surface area contributed by atoms with Crippen LogP contribution in [0.4, 0.5) is 5.69 Å². The third kappa shape index (κ3) is 2.54. The summed E-state index contributed by atoms with van der Waals surface area (Å²) in [6, 6.07) is 4.15. The molecule has 1 aromatic carbocycles. The number of aryl methyl sites for hydroxylation is 1. The first-order valence-corrected chi connectivity index (χ1v) is 6.96. The third-order valence-electron chi connectivity index (χ3n) is 4.17. The predicted octanol–water partition coefficient (Wildman–Crippen LogP) is 2.07. The van der Waals surface area contributed by atoms with Gasteiger partial charge in [0.2, 0.25) is 0 Å². The molecule has 0 aliphatic carbocycles. The molecule has 1 fully saturated rings. The van der Waals surface area contributed by atoms with Crippen LogP contribution in [-0.2, 0) is 9.53 Å². The van der Waals surface area contributed by atoms with Gasteiger partial charge < -0.3 is 9.64 Å². The lowest BCUT2D eigenvalue weighted by Crippen LogP contribution is -2.51. The molecule has 1 atom stereocenters. The smallest absolute Gasteiger partial charge is 0.331 e. The van der Waals surface area contributed by atoms with E-state index in [0.717, 1.165) is 0 Å². The van der Waals surface area contributed by atoms with Gasteiger partial charge in [0.15, 0.2) is 0 Å². The van der Waals surface area contributed by atoms with Crippen LogP contribution in [0.1, 0.15) is 35.7 Å². The Bertz CT molecular complexity index is 643. The number of rotatable bonds is 3. The maximum absolute atomic E-state index is 12.8. The minimum Gasteiger partial charge on any atom is -0.467 e. The molecule has 1 heterocycles. The summed E-state index contributed by atoms with van der Waals surface area (Å²) in [6.07, 6.45) is 1.20. The molecule has 1 aliphatic heterocycles. The molecule has 0 unspecified atom stereocenters. The maximum atomic E-state index is 12.8. The van der Waals surface area contributed by atoms with E-state index in [9.17, 15) is 19.7 Å². The van der Waals surface area contributed by atoms with Crippen molar-refractivity contribution in [3.05, 3.63) is 39.4 Å². The highest BCUT2D eigenvalue weighted by molar-refractivity contribution is 6.00. The van der Waals surface area contributed by atoms with E-state index in [2.05, 4.69) is 0 Å². The molecule has 7 heteroatoms. The monoisotopic (exact) mass is 306 g/mol. The first kappa shape index (κ1) is 15.9. The zero-order valence-corrected chi connectivity index (χ0v) is 12.8. The normalized spacial score (nSPS) is 20.8. The number of methoxy groups -OCH3 is 1. The predicted molar refractivity (Wildman–Crippen MR) is 78.5 cm³/mol. The molecule has 2 rings (SSSR count). The van der Waals surface area contributed by atoms with Gasteiger partial charge in [0, 0.05) is 24.2 Å². The van der Waals surface area contributed by atoms with Crippen molar-refractivity contribution in [2.45, 2.75) is 32.2 Å². The van der Waals surface area contributed by atoms with E-state index in [-0.39, 0.29) is 17.2 Å². The van der Waals surface area contributed by atoms with Crippen molar-refractivity contribution in [1.82, 2.24) is 4.90 Å². The standard InChI is InChI=1S/C15H18N2O5/c1-10-5-6-11(17(20)21)9-12(10)13(18)16-8-4-7-15(16,2)14(19)22-3/h5-6,9H,4,7-8H2,1-3H3/t15-/m1/s1. The van der Waals surface area contributed by atoms with Gasteiger partial charge in [-0.15, -0.1) is 0 Å². The highest BCUT2D eigenvalue weighted by Crippen LogP contribution is 2.32. The van der Waals surface area contributed by atoms with Crippen molar-refractivity contribution in [1.29, 1.82) is 0 Å². The van der Waals surface area contributed by atoms with Crippen molar-refractivity contribution >= 4 is 17.6 Å². The molecule has 0 aromatic heterocycles. The van der Waals surface area contributed by atoms with Crippen molar-refractivity contribution < 1.29 is 19.2 Å². The number of benzene rings is 1. The van der Waals surface area contributed by atoms with Crippen LogP contribution in [0.25, 0.3) is 0 Å². The summed E-state index contributed by atoms with van der Waals surface area (Å²) in [5.41, 5.74) is -0.294. The number of nitro benzene ring substituents is 1. The maximum Gasteiger partial charge on any atom is 0.331 e. The molecule has 1 aromatic rings. The summed E-state index contributed by atoms with van der Waals surface area (Å²) in [5, 5.41) is 10.9. The van der Waals surface area contributed by atoms with Crippen LogP contribution in [0.5, 0.6) is 0 Å². The van der Waals surface area contributed by atoms with E-state index >= 15 is 0 Å². The molecule has 22 heavy (non-hydrogen) atoms. The molecule has 7 nitrogen and oxygen atoms in total. The number of amides is 1. The van der Waals surface area contributed by atoms with Crippen LogP contribution >= 0.6 is 0 Å². The molecule has 0 saturated carbocycles. The second-order valence-corrected chi connectivity index (χ2v) is 5.58. The number of non-ortho nitro benzene ring substituents is 1. The number of nitro groups is 1. The van der Waals surface area contributed by atoms with E-state index < -0.39 is 16.4 Å². The van der Waals surface area contributed by atoms with Gasteiger partial charge in [0.1, 0.15) is 5.54 Å². The van der Waals surface area contributed by atoms with Crippen molar-refractivity contribution in [2.24, 2.45) is 0 Å². The summed E-state index contributed by atoms with van der Waals surface area (Å²) in [4.78, 5) is 36.6. The van der Waals surface area contributed by atoms with Gasteiger partial charge in [0.25, 0.3) is 11.6 Å². The van der Waals surface area contributed by atoms with Gasteiger partial charge in [-0.1, -0.05) is 6.07 Å². The van der Waals surface area contributed by atoms with Crippen molar-refractivity contribution in [3.63, 3.8) is 0 Å². The van der Waals surface area contributed by atoms with Crippen LogP contribution in [0.15, 0.2) is 18.2 Å². The van der Waals surface area contributed by atoms with Crippen LogP contribution in [0, 0.1) is 17.0 Å². The van der Waals surface area contributed by atoms with E-state index in [1.807, 2.05) is 0 Å². The Balaban J connectivity index is 2.41. The summed E-state index contributed by atoms with van der Waals surface area (Å²) >= 11 is 0. The van der Waals surface area contributed by atoms with Gasteiger partial charge in [-0.2, -0.15) is 0 Å². The minimum absolute atomic E-state index is 0.145. The second-order valence-electron chi connectivity index (χ2n) is 5.58. The Morgan fingerprint density at radius 1 is 1.41 bits per heavy atom. The van der Waals surface area contributed by atoms with Gasteiger partial charge in [0.05, 0.1) is 12.0 Å². The highest BCUT2D eigenvalue weighted by atomic mass is 16.6. The van der Waals surface area contributed by atoms with E-state index in [0.29, 0.717) is 24.9 Å². The molecule has 1 saturated heterocycles. The largest absolute Gasteiger partial charge is 0.467 e. The van der Waals surface area contributed by atoms with Gasteiger partial charge in [-0.05, 0) is 32.3 Å². The van der Waals surface area contributed by atoms with Crippen molar-refractivity contribution in [2.75, 3.05) is 13.7 Å². The summed E-state index contributed by atoms with van der Waals surface area (Å²) in [6.45, 7) is 3.80. The zero-order valence-electron chi connectivity index (χ0n) is 12.8. The fourth-order valence-electron chi connectivity index (χ4n) is 2.82. The minimum atomic E-state index is -1.02. The van der Waals surface area contributed by atoms with E-state index in [1.165, 1.54) is 30.2 Å². The van der Waals surface area contributed by atoms with E-state index in [4.69, 9.17) is 4.74 Å². The number of carbonyl (C=O) groups is 2. The van der Waals surface area contributed by atoms with Crippen LogP contribution in [0.3, 0.4) is 0 Å². The SMILES string of the molecule is COC(=O)[C@@]1(C)CCCN1C(=O)c1cc([N+](=O)[O-])ccc1C. The number of nitrogens with zero attached hydrogens (tertiary/aromatic N) is 2. The first-order chi connectivity index (χ1) is 10.3. The van der Waals surface area contributed by atoms with Crippen LogP contribution < -0.4 is 0 Å². The summed E-state index contributed by atoms with van der Waals surface area (Å²) in [5.74, 6) is -0.854. The lowest BCUT2D eigenvalue weighted by Gasteiger charge is -2.32. The number of esters is 1. The third-order valence-corrected chi connectivity index (χ3v) is 4.17. The van der Waals surface area contributed by atoms with Gasteiger partial charge >= 0.3 is 5.97 Å². The van der Waals surface area contributed by atoms with E-state index in [1.54, 1.807) is 13.8 Å². The molecule has 0 bridgehead atoms. The number of likely N-dealkylation sites (tertiary alicyclic amines) is 1. The second kappa shape index (κ2) is 5.75. The molecule has 1 aliphatic rings. The topological polar surface area (TPSA) is 89.8 Å². The summed E-state index contributed by atoms with van der Waals surface area (Å²) in [7, 11) is 1.28. The molecular weight excluding hydrogens is 288 g/mol.